The molecule has 0 aliphatic rings. The number of nitrogens with two attached hydrogens (primary N) is 1. The number of thiophene rings is 1. The van der Waals surface area contributed by atoms with Crippen molar-refractivity contribution in [1.29, 1.82) is 0 Å². The van der Waals surface area contributed by atoms with Gasteiger partial charge in [0.15, 0.2) is 0 Å². The molecule has 0 bridgehead atoms. The van der Waals surface area contributed by atoms with Gasteiger partial charge < -0.3 is 5.73 Å². The van der Waals surface area contributed by atoms with E-state index in [0.717, 1.165) is 15.6 Å². The second kappa shape index (κ2) is 6.03. The molecule has 0 amide bonds. The summed E-state index contributed by atoms with van der Waals surface area (Å²) in [5.41, 5.74) is 8.18. The molecule has 0 saturated carbocycles. The van der Waals surface area contributed by atoms with Gasteiger partial charge >= 0.3 is 0 Å². The first-order chi connectivity index (χ1) is 7.18. The molecular weight excluding hydrogens is 329 g/mol. The number of benzene rings is 1. The van der Waals surface area contributed by atoms with Crippen LogP contribution in [-0.2, 0) is 0 Å². The van der Waals surface area contributed by atoms with Crippen molar-refractivity contribution in [3.63, 3.8) is 0 Å². The Hall–Kier alpha value is -0.0600. The number of hydrogen-bond donors (Lipinski definition) is 1. The van der Waals surface area contributed by atoms with Crippen LogP contribution in [0, 0.1) is 0 Å². The van der Waals surface area contributed by atoms with Crippen LogP contribution in [0.5, 0.6) is 0 Å². The Morgan fingerprint density at radius 2 is 2.06 bits per heavy atom. The van der Waals surface area contributed by atoms with Gasteiger partial charge in [0.25, 0.3) is 0 Å². The number of rotatable bonds is 2. The molecule has 1 aromatic heterocycles. The van der Waals surface area contributed by atoms with Crippen LogP contribution in [0.2, 0.25) is 5.02 Å². The summed E-state index contributed by atoms with van der Waals surface area (Å²) in [5.74, 6) is 0. The fourth-order valence-electron chi connectivity index (χ4n) is 1.39. The van der Waals surface area contributed by atoms with E-state index < -0.39 is 0 Å². The zero-order valence-electron chi connectivity index (χ0n) is 8.19. The topological polar surface area (TPSA) is 26.0 Å². The molecule has 16 heavy (non-hydrogen) atoms. The molecule has 1 heterocycles. The van der Waals surface area contributed by atoms with E-state index in [1.54, 1.807) is 11.3 Å². The van der Waals surface area contributed by atoms with Crippen LogP contribution >= 0.6 is 51.3 Å². The lowest BCUT2D eigenvalue weighted by molar-refractivity contribution is 0.877. The molecular formula is C11H10BrCl2NS. The summed E-state index contributed by atoms with van der Waals surface area (Å²) in [6, 6.07) is 7.65. The molecule has 2 aromatic rings. The lowest BCUT2D eigenvalue weighted by Crippen LogP contribution is -2.11. The second-order valence-electron chi connectivity index (χ2n) is 3.20. The third-order valence-corrected chi connectivity index (χ3v) is 3.72. The van der Waals surface area contributed by atoms with Crippen LogP contribution < -0.4 is 5.73 Å². The van der Waals surface area contributed by atoms with E-state index in [1.165, 1.54) is 0 Å². The lowest BCUT2D eigenvalue weighted by Gasteiger charge is -2.12. The van der Waals surface area contributed by atoms with Gasteiger partial charge in [0.2, 0.25) is 0 Å². The smallest absolute Gasteiger partial charge is 0.0574 e. The van der Waals surface area contributed by atoms with Crippen molar-refractivity contribution < 1.29 is 0 Å². The van der Waals surface area contributed by atoms with Crippen LogP contribution in [0.3, 0.4) is 0 Å². The van der Waals surface area contributed by atoms with Crippen molar-refractivity contribution in [2.75, 3.05) is 0 Å². The molecule has 1 aromatic carbocycles. The van der Waals surface area contributed by atoms with Crippen LogP contribution in [0.15, 0.2) is 39.5 Å². The third-order valence-electron chi connectivity index (χ3n) is 2.20. The molecule has 0 aliphatic carbocycles. The molecule has 1 nitrogen and oxygen atoms in total. The lowest BCUT2D eigenvalue weighted by atomic mass is 10.0. The van der Waals surface area contributed by atoms with E-state index in [4.69, 9.17) is 17.3 Å². The largest absolute Gasteiger partial charge is 0.320 e. The molecule has 5 heteroatoms. The second-order valence-corrected chi connectivity index (χ2v) is 5.30. The Kier molecular flexibility index (Phi) is 5.28. The van der Waals surface area contributed by atoms with Crippen LogP contribution in [0.25, 0.3) is 0 Å². The van der Waals surface area contributed by atoms with Crippen LogP contribution in [0.1, 0.15) is 17.2 Å². The van der Waals surface area contributed by atoms with E-state index in [2.05, 4.69) is 15.9 Å². The minimum absolute atomic E-state index is 0. The molecule has 2 N–H and O–H groups in total. The van der Waals surface area contributed by atoms with Gasteiger partial charge in [0, 0.05) is 9.50 Å². The summed E-state index contributed by atoms with van der Waals surface area (Å²) in [5, 5.41) is 4.76. The maximum atomic E-state index is 6.13. The molecule has 86 valence electrons. The van der Waals surface area contributed by atoms with Gasteiger partial charge in [-0.3, -0.25) is 0 Å². The van der Waals surface area contributed by atoms with Gasteiger partial charge in [-0.25, -0.2) is 0 Å². The Balaban J connectivity index is 0.00000128. The van der Waals surface area contributed by atoms with Crippen molar-refractivity contribution in [2.24, 2.45) is 5.73 Å². The predicted octanol–water partition coefficient (Wildman–Crippen LogP) is 4.63. The molecule has 0 aliphatic heterocycles. The highest BCUT2D eigenvalue weighted by Gasteiger charge is 2.12. The van der Waals surface area contributed by atoms with E-state index in [-0.39, 0.29) is 18.4 Å². The van der Waals surface area contributed by atoms with Crippen molar-refractivity contribution in [1.82, 2.24) is 0 Å². The van der Waals surface area contributed by atoms with E-state index in [1.807, 2.05) is 35.0 Å². The molecule has 2 rings (SSSR count). The van der Waals surface area contributed by atoms with Gasteiger partial charge in [0.1, 0.15) is 0 Å². The third kappa shape index (κ3) is 2.99. The molecule has 0 fully saturated rings. The quantitative estimate of drug-likeness (QED) is 0.848. The zero-order chi connectivity index (χ0) is 10.8. The Morgan fingerprint density at radius 1 is 1.31 bits per heavy atom. The van der Waals surface area contributed by atoms with E-state index in [9.17, 15) is 0 Å². The molecule has 0 saturated heterocycles. The molecule has 1 atom stereocenters. The summed E-state index contributed by atoms with van der Waals surface area (Å²) in [6.45, 7) is 0. The minimum atomic E-state index is -0.142. The highest BCUT2D eigenvalue weighted by Crippen LogP contribution is 2.29. The number of halogens is 3. The standard InChI is InChI=1S/C11H9BrClNS.ClH/c12-8-1-2-9(10(13)5-8)11(14)7-3-4-15-6-7;/h1-6,11H,14H2;1H/t11-;/m0./s1. The average Bonchev–Trinajstić information content (AvgIpc) is 2.69. The van der Waals surface area contributed by atoms with E-state index >= 15 is 0 Å². The highest BCUT2D eigenvalue weighted by atomic mass is 79.9. The van der Waals surface area contributed by atoms with Gasteiger partial charge in [-0.05, 0) is 40.1 Å². The van der Waals surface area contributed by atoms with Gasteiger partial charge in [-0.1, -0.05) is 33.6 Å². The van der Waals surface area contributed by atoms with Gasteiger partial charge in [-0.2, -0.15) is 11.3 Å². The van der Waals surface area contributed by atoms with Gasteiger partial charge in [0.05, 0.1) is 6.04 Å². The SMILES string of the molecule is Cl.N[C@@H](c1ccsc1)c1ccc(Br)cc1Cl. The van der Waals surface area contributed by atoms with Gasteiger partial charge in [-0.15, -0.1) is 12.4 Å². The highest BCUT2D eigenvalue weighted by molar-refractivity contribution is 9.10. The van der Waals surface area contributed by atoms with Crippen molar-refractivity contribution >= 4 is 51.3 Å². The summed E-state index contributed by atoms with van der Waals surface area (Å²) >= 11 is 11.1. The first-order valence-corrected chi connectivity index (χ1v) is 6.52. The minimum Gasteiger partial charge on any atom is -0.320 e. The summed E-state index contributed by atoms with van der Waals surface area (Å²) < 4.78 is 0.966. The van der Waals surface area contributed by atoms with Crippen molar-refractivity contribution in [2.45, 2.75) is 6.04 Å². The first kappa shape index (κ1) is 14.0. The summed E-state index contributed by atoms with van der Waals surface area (Å²) in [4.78, 5) is 0. The maximum absolute atomic E-state index is 6.13. The van der Waals surface area contributed by atoms with E-state index in [0.29, 0.717) is 5.02 Å². The Bertz CT molecular complexity index is 459. The van der Waals surface area contributed by atoms with Crippen LogP contribution in [-0.4, -0.2) is 0 Å². The van der Waals surface area contributed by atoms with Crippen molar-refractivity contribution in [3.8, 4) is 0 Å². The Morgan fingerprint density at radius 3 is 2.62 bits per heavy atom. The first-order valence-electron chi connectivity index (χ1n) is 4.41. The fraction of sp³-hybridized carbons (Fsp3) is 0.0909. The van der Waals surface area contributed by atoms with Crippen molar-refractivity contribution in [3.05, 3.63) is 55.6 Å². The molecule has 0 unspecified atom stereocenters. The number of hydrogen-bond acceptors (Lipinski definition) is 2. The van der Waals surface area contributed by atoms with Crippen LogP contribution in [0.4, 0.5) is 0 Å². The fourth-order valence-corrected chi connectivity index (χ4v) is 2.87. The average molecular weight is 339 g/mol. The summed E-state index contributed by atoms with van der Waals surface area (Å²) in [6.07, 6.45) is 0. The summed E-state index contributed by atoms with van der Waals surface area (Å²) in [7, 11) is 0. The molecule has 0 radical (unpaired) electrons. The zero-order valence-corrected chi connectivity index (χ0v) is 12.2. The maximum Gasteiger partial charge on any atom is 0.0574 e. The monoisotopic (exact) mass is 337 g/mol. The normalized spacial score (nSPS) is 11.9. The molecule has 0 spiro atoms. The predicted molar refractivity (Wildman–Crippen MR) is 76.7 cm³/mol. The Labute approximate surface area is 118 Å².